The Morgan fingerprint density at radius 3 is 1.59 bits per heavy atom. The number of aryl methyl sites for hydroxylation is 1. The summed E-state index contributed by atoms with van der Waals surface area (Å²) in [7, 11) is 0. The van der Waals surface area contributed by atoms with Crippen molar-refractivity contribution in [2.45, 2.75) is 12.8 Å². The molecule has 0 atom stereocenters. The molecule has 3 nitrogen and oxygen atoms in total. The highest BCUT2D eigenvalue weighted by atomic mass is 15.1. The summed E-state index contributed by atoms with van der Waals surface area (Å²) in [6.07, 6.45) is 6.32. The van der Waals surface area contributed by atoms with Crippen LogP contribution in [0, 0.1) is 0 Å². The number of aromatic nitrogens is 3. The van der Waals surface area contributed by atoms with Crippen LogP contribution >= 0.6 is 0 Å². The Kier molecular flexibility index (Phi) is 8.04. The molecule has 0 saturated carbocycles. The Bertz CT molecular complexity index is 3840. The molecule has 3 heteroatoms. The minimum absolute atomic E-state index is 0.921. The van der Waals surface area contributed by atoms with Crippen LogP contribution in [0.15, 0.2) is 206 Å². The van der Waals surface area contributed by atoms with Gasteiger partial charge < -0.3 is 0 Å². The van der Waals surface area contributed by atoms with Gasteiger partial charge in [0.1, 0.15) is 11.5 Å². The van der Waals surface area contributed by atoms with Crippen molar-refractivity contribution >= 4 is 65.7 Å². The molecule has 0 unspecified atom stereocenters. The van der Waals surface area contributed by atoms with E-state index in [1.807, 2.05) is 0 Å². The lowest BCUT2D eigenvalue weighted by Gasteiger charge is -2.19. The van der Waals surface area contributed by atoms with E-state index in [1.54, 1.807) is 0 Å². The second-order valence-corrected chi connectivity index (χ2v) is 16.8. The lowest BCUT2D eigenvalue weighted by atomic mass is 9.84. The van der Waals surface area contributed by atoms with Crippen LogP contribution in [0.4, 0.5) is 0 Å². The number of imidazole rings is 1. The van der Waals surface area contributed by atoms with E-state index in [-0.39, 0.29) is 0 Å². The van der Waals surface area contributed by atoms with Crippen LogP contribution in [0.3, 0.4) is 0 Å². The SMILES string of the molecule is C1=Cc2nc3c4cc(-c5ccc6c(-c7ccc8ccccc8c7)c7ccccc7c(-c7ccc8ccccc8c7)c6c5)ccc4nc(-c4ccc(-c5ccccc5)cc4)n3c2CC1. The number of allylic oxidation sites excluding steroid dienone is 1. The maximum absolute atomic E-state index is 5.42. The first-order chi connectivity index (χ1) is 31.2. The van der Waals surface area contributed by atoms with Gasteiger partial charge in [0.05, 0.1) is 16.9 Å². The molecule has 0 saturated heterocycles. The third-order valence-corrected chi connectivity index (χ3v) is 13.2. The number of benzene rings is 10. The van der Waals surface area contributed by atoms with Gasteiger partial charge in [0, 0.05) is 10.9 Å². The predicted molar refractivity (Wildman–Crippen MR) is 265 cm³/mol. The topological polar surface area (TPSA) is 30.2 Å². The van der Waals surface area contributed by atoms with E-state index < -0.39 is 0 Å². The zero-order valence-electron chi connectivity index (χ0n) is 34.5. The quantitative estimate of drug-likeness (QED) is 0.162. The summed E-state index contributed by atoms with van der Waals surface area (Å²) in [4.78, 5) is 10.8. The standard InChI is InChI=1S/C60H39N3/c1-2-12-38(13-3-1)41-22-26-42(27-23-41)59-61-54-33-31-46(37-53(54)60-62-55-20-10-11-21-56(55)63(59)60)45-30-32-51-52(36-45)58(48-29-25-40-15-5-7-17-44(40)35-48)50-19-9-8-18-49(50)57(51)47-28-24-39-14-4-6-16-43(39)34-47/h1-10,12-20,22-37H,11,21H2. The van der Waals surface area contributed by atoms with Crippen LogP contribution in [-0.2, 0) is 6.42 Å². The predicted octanol–water partition coefficient (Wildman–Crippen LogP) is 15.8. The molecular weight excluding hydrogens is 763 g/mol. The Morgan fingerprint density at radius 2 is 0.889 bits per heavy atom. The van der Waals surface area contributed by atoms with Gasteiger partial charge >= 0.3 is 0 Å². The van der Waals surface area contributed by atoms with Gasteiger partial charge in [0.25, 0.3) is 0 Å². The van der Waals surface area contributed by atoms with Crippen molar-refractivity contribution < 1.29 is 0 Å². The Hall–Kier alpha value is -8.14. The monoisotopic (exact) mass is 801 g/mol. The number of fused-ring (bicyclic) bond motifs is 9. The van der Waals surface area contributed by atoms with Crippen molar-refractivity contribution in [2.75, 3.05) is 0 Å². The van der Waals surface area contributed by atoms with E-state index >= 15 is 0 Å². The third kappa shape index (κ3) is 5.81. The molecule has 2 heterocycles. The molecular formula is C60H39N3. The molecule has 2 aromatic heterocycles. The molecule has 1 aliphatic carbocycles. The number of hydrogen-bond acceptors (Lipinski definition) is 2. The molecule has 0 fully saturated rings. The molecule has 13 rings (SSSR count). The van der Waals surface area contributed by atoms with E-state index in [0.717, 1.165) is 57.6 Å². The van der Waals surface area contributed by atoms with Crippen LogP contribution in [0.1, 0.15) is 17.8 Å². The maximum atomic E-state index is 5.42. The fourth-order valence-corrected chi connectivity index (χ4v) is 10.1. The van der Waals surface area contributed by atoms with Gasteiger partial charge in [-0.1, -0.05) is 176 Å². The first-order valence-corrected chi connectivity index (χ1v) is 21.9. The molecule has 10 aromatic carbocycles. The van der Waals surface area contributed by atoms with E-state index in [1.165, 1.54) is 82.2 Å². The van der Waals surface area contributed by atoms with Gasteiger partial charge in [-0.25, -0.2) is 9.97 Å². The fourth-order valence-electron chi connectivity index (χ4n) is 10.1. The summed E-state index contributed by atoms with van der Waals surface area (Å²) in [6.45, 7) is 0. The van der Waals surface area contributed by atoms with E-state index in [0.29, 0.717) is 0 Å². The van der Waals surface area contributed by atoms with Gasteiger partial charge in [0.15, 0.2) is 0 Å². The summed E-state index contributed by atoms with van der Waals surface area (Å²) < 4.78 is 2.32. The summed E-state index contributed by atoms with van der Waals surface area (Å²) >= 11 is 0. The first kappa shape index (κ1) is 35.6. The first-order valence-electron chi connectivity index (χ1n) is 21.9. The van der Waals surface area contributed by atoms with Gasteiger partial charge in [0.2, 0.25) is 0 Å². The van der Waals surface area contributed by atoms with Gasteiger partial charge in [-0.15, -0.1) is 0 Å². The second-order valence-electron chi connectivity index (χ2n) is 16.8. The van der Waals surface area contributed by atoms with Gasteiger partial charge in [-0.2, -0.15) is 0 Å². The number of nitrogens with zero attached hydrogens (tertiary/aromatic N) is 3. The average molecular weight is 802 g/mol. The maximum Gasteiger partial charge on any atom is 0.148 e. The third-order valence-electron chi connectivity index (χ3n) is 13.2. The minimum Gasteiger partial charge on any atom is -0.280 e. The molecule has 1 aliphatic rings. The van der Waals surface area contributed by atoms with Gasteiger partial charge in [-0.05, 0) is 137 Å². The molecule has 0 bridgehead atoms. The minimum atomic E-state index is 0.921. The van der Waals surface area contributed by atoms with Crippen LogP contribution in [0.5, 0.6) is 0 Å². The van der Waals surface area contributed by atoms with Crippen LogP contribution in [0.25, 0.3) is 122 Å². The fraction of sp³-hybridized carbons (Fsp3) is 0.0333. The highest BCUT2D eigenvalue weighted by molar-refractivity contribution is 6.22. The molecule has 0 spiro atoms. The number of rotatable bonds is 5. The highest BCUT2D eigenvalue weighted by Crippen LogP contribution is 2.46. The lowest BCUT2D eigenvalue weighted by Crippen LogP contribution is -2.03. The molecule has 12 aromatic rings. The molecule has 0 aliphatic heterocycles. The van der Waals surface area contributed by atoms with Crippen molar-refractivity contribution in [1.82, 2.24) is 14.4 Å². The molecule has 0 N–H and O–H groups in total. The summed E-state index contributed by atoms with van der Waals surface area (Å²) in [6, 6.07) is 73.3. The molecule has 0 radical (unpaired) electrons. The smallest absolute Gasteiger partial charge is 0.148 e. The molecule has 0 amide bonds. The summed E-state index contributed by atoms with van der Waals surface area (Å²) in [5.41, 5.74) is 14.8. The van der Waals surface area contributed by atoms with Gasteiger partial charge in [-0.3, -0.25) is 4.40 Å². The highest BCUT2D eigenvalue weighted by Gasteiger charge is 2.22. The number of hydrogen-bond donors (Lipinski definition) is 0. The van der Waals surface area contributed by atoms with E-state index in [2.05, 4.69) is 217 Å². The average Bonchev–Trinajstić information content (AvgIpc) is 3.75. The Labute approximate surface area is 364 Å². The van der Waals surface area contributed by atoms with Crippen LogP contribution in [-0.4, -0.2) is 14.4 Å². The zero-order chi connectivity index (χ0) is 41.4. The second kappa shape index (κ2) is 14.2. The molecule has 63 heavy (non-hydrogen) atoms. The van der Waals surface area contributed by atoms with Crippen molar-refractivity contribution in [2.24, 2.45) is 0 Å². The van der Waals surface area contributed by atoms with Crippen molar-refractivity contribution in [1.29, 1.82) is 0 Å². The van der Waals surface area contributed by atoms with E-state index in [4.69, 9.17) is 9.97 Å². The lowest BCUT2D eigenvalue weighted by molar-refractivity contribution is 0.903. The normalized spacial score (nSPS) is 12.6. The largest absolute Gasteiger partial charge is 0.280 e. The van der Waals surface area contributed by atoms with Crippen LogP contribution in [0.2, 0.25) is 0 Å². The Balaban J connectivity index is 1.04. The van der Waals surface area contributed by atoms with E-state index in [9.17, 15) is 0 Å². The Morgan fingerprint density at radius 1 is 0.365 bits per heavy atom. The molecule has 294 valence electrons. The summed E-state index contributed by atoms with van der Waals surface area (Å²) in [5, 5.41) is 10.9. The van der Waals surface area contributed by atoms with Crippen LogP contribution < -0.4 is 0 Å². The van der Waals surface area contributed by atoms with Crippen molar-refractivity contribution in [3.8, 4) is 55.9 Å². The van der Waals surface area contributed by atoms with Crippen molar-refractivity contribution in [3.63, 3.8) is 0 Å². The zero-order valence-corrected chi connectivity index (χ0v) is 34.5. The summed E-state index contributed by atoms with van der Waals surface area (Å²) in [5.74, 6) is 0.924. The van der Waals surface area contributed by atoms with Crippen molar-refractivity contribution in [3.05, 3.63) is 218 Å².